The molecule has 1 aliphatic heterocycles. The number of thioether (sulfide) groups is 1. The van der Waals surface area contributed by atoms with Crippen molar-refractivity contribution in [2.45, 2.75) is 50.5 Å². The van der Waals surface area contributed by atoms with Gasteiger partial charge in [-0.2, -0.15) is 0 Å². The van der Waals surface area contributed by atoms with Gasteiger partial charge in [0.2, 0.25) is 0 Å². The maximum Gasteiger partial charge on any atom is 0.0435 e. The number of hydrogen-bond acceptors (Lipinski definition) is 3. The zero-order valence-corrected chi connectivity index (χ0v) is 15.9. The van der Waals surface area contributed by atoms with E-state index in [2.05, 4.69) is 62.1 Å². The van der Waals surface area contributed by atoms with E-state index < -0.39 is 0 Å². The Labute approximate surface area is 150 Å². The molecule has 0 unspecified atom stereocenters. The van der Waals surface area contributed by atoms with E-state index in [9.17, 15) is 0 Å². The van der Waals surface area contributed by atoms with Gasteiger partial charge in [-0.3, -0.25) is 4.98 Å². The van der Waals surface area contributed by atoms with E-state index in [1.165, 1.54) is 47.6 Å². The summed E-state index contributed by atoms with van der Waals surface area (Å²) in [5.74, 6) is 1.74. The first-order valence-corrected chi connectivity index (χ1v) is 10.1. The van der Waals surface area contributed by atoms with Crippen molar-refractivity contribution in [3.63, 3.8) is 0 Å². The van der Waals surface area contributed by atoms with E-state index in [1.54, 1.807) is 0 Å². The molecule has 0 saturated carbocycles. The van der Waals surface area contributed by atoms with Gasteiger partial charge in [-0.1, -0.05) is 25.1 Å². The molecule has 0 N–H and O–H groups in total. The molecular weight excluding hydrogens is 312 g/mol. The van der Waals surface area contributed by atoms with Crippen LogP contribution in [0, 0.1) is 0 Å². The van der Waals surface area contributed by atoms with Crippen molar-refractivity contribution in [2.75, 3.05) is 18.8 Å². The van der Waals surface area contributed by atoms with Gasteiger partial charge in [0.15, 0.2) is 0 Å². The molecule has 3 rings (SSSR count). The molecule has 1 aliphatic rings. The normalized spacial score (nSPS) is 16.7. The van der Waals surface area contributed by atoms with E-state index in [0.29, 0.717) is 12.0 Å². The lowest BCUT2D eigenvalue weighted by Gasteiger charge is -2.34. The van der Waals surface area contributed by atoms with Gasteiger partial charge in [0.05, 0.1) is 0 Å². The molecule has 1 aromatic heterocycles. The van der Waals surface area contributed by atoms with Crippen LogP contribution in [-0.4, -0.2) is 34.8 Å². The summed E-state index contributed by atoms with van der Waals surface area (Å²) in [5.41, 5.74) is 3.73. The molecule has 0 atom stereocenters. The van der Waals surface area contributed by atoms with Gasteiger partial charge < -0.3 is 4.90 Å². The Hall–Kier alpha value is -1.32. The van der Waals surface area contributed by atoms with Crippen LogP contribution in [0.2, 0.25) is 0 Å². The number of nitrogens with zero attached hydrogens (tertiary/aromatic N) is 2. The van der Waals surface area contributed by atoms with E-state index >= 15 is 0 Å². The fraction of sp³-hybridized carbons (Fsp3) is 0.476. The molecule has 1 aromatic carbocycles. The third kappa shape index (κ3) is 4.20. The van der Waals surface area contributed by atoms with Crippen molar-refractivity contribution in [1.29, 1.82) is 0 Å². The number of rotatable bonds is 5. The summed E-state index contributed by atoms with van der Waals surface area (Å²) < 4.78 is 0. The van der Waals surface area contributed by atoms with Crippen LogP contribution in [0.25, 0.3) is 11.1 Å². The molecule has 0 amide bonds. The highest BCUT2D eigenvalue weighted by atomic mass is 32.2. The zero-order chi connectivity index (χ0) is 16.9. The number of hydrogen-bond donors (Lipinski definition) is 0. The van der Waals surface area contributed by atoms with Gasteiger partial charge in [-0.15, -0.1) is 11.8 Å². The predicted molar refractivity (Wildman–Crippen MR) is 105 cm³/mol. The summed E-state index contributed by atoms with van der Waals surface area (Å²) in [6.45, 7) is 9.16. The van der Waals surface area contributed by atoms with Gasteiger partial charge in [0.1, 0.15) is 0 Å². The van der Waals surface area contributed by atoms with Crippen LogP contribution in [0.15, 0.2) is 47.5 Å². The van der Waals surface area contributed by atoms with Crippen LogP contribution >= 0.6 is 11.8 Å². The van der Waals surface area contributed by atoms with Crippen molar-refractivity contribution >= 4 is 11.8 Å². The third-order valence-electron chi connectivity index (χ3n) is 4.96. The Balaban J connectivity index is 1.65. The Morgan fingerprint density at radius 3 is 2.25 bits per heavy atom. The number of piperidine rings is 1. The van der Waals surface area contributed by atoms with Crippen LogP contribution in [0.1, 0.15) is 45.2 Å². The van der Waals surface area contributed by atoms with E-state index in [1.807, 2.05) is 18.0 Å². The lowest BCUT2D eigenvalue weighted by atomic mass is 9.92. The largest absolute Gasteiger partial charge is 0.301 e. The molecular formula is C21H28N2S. The third-order valence-corrected chi connectivity index (χ3v) is 5.86. The van der Waals surface area contributed by atoms with Crippen LogP contribution in [0.4, 0.5) is 0 Å². The van der Waals surface area contributed by atoms with Crippen LogP contribution in [0.3, 0.4) is 0 Å². The number of pyridine rings is 1. The lowest BCUT2D eigenvalue weighted by molar-refractivity contribution is 0.171. The summed E-state index contributed by atoms with van der Waals surface area (Å²) in [4.78, 5) is 8.69. The summed E-state index contributed by atoms with van der Waals surface area (Å²) >= 11 is 1.88. The molecule has 2 nitrogen and oxygen atoms in total. The highest BCUT2D eigenvalue weighted by Gasteiger charge is 2.22. The minimum Gasteiger partial charge on any atom is -0.301 e. The first-order chi connectivity index (χ1) is 11.7. The van der Waals surface area contributed by atoms with Crippen molar-refractivity contribution in [3.8, 4) is 11.1 Å². The molecule has 0 aliphatic carbocycles. The highest BCUT2D eigenvalue weighted by molar-refractivity contribution is 7.99. The zero-order valence-electron chi connectivity index (χ0n) is 15.0. The number of likely N-dealkylation sites (tertiary alicyclic amines) is 1. The summed E-state index contributed by atoms with van der Waals surface area (Å²) in [6, 6.07) is 14.0. The van der Waals surface area contributed by atoms with Gasteiger partial charge in [0.25, 0.3) is 0 Å². The molecule has 2 heterocycles. The standard InChI is InChI=1S/C21H28N2S/c1-4-24-20-8-5-17(6-9-20)19-7-10-21(22-15-19)18-11-13-23(14-12-18)16(2)3/h5-10,15-16,18H,4,11-14H2,1-3H3. The maximum atomic E-state index is 4.78. The fourth-order valence-electron chi connectivity index (χ4n) is 3.44. The van der Waals surface area contributed by atoms with Gasteiger partial charge in [0, 0.05) is 34.3 Å². The second kappa shape index (κ2) is 8.17. The molecule has 1 fully saturated rings. The summed E-state index contributed by atoms with van der Waals surface area (Å²) in [7, 11) is 0. The predicted octanol–water partition coefficient (Wildman–Crippen LogP) is 5.45. The first kappa shape index (κ1) is 17.5. The SMILES string of the molecule is CCSc1ccc(-c2ccc(C3CCN(C(C)C)CC3)nc2)cc1. The van der Waals surface area contributed by atoms with Crippen LogP contribution in [-0.2, 0) is 0 Å². The smallest absolute Gasteiger partial charge is 0.0435 e. The van der Waals surface area contributed by atoms with Crippen molar-refractivity contribution in [3.05, 3.63) is 48.3 Å². The quantitative estimate of drug-likeness (QED) is 0.673. The molecule has 2 aromatic rings. The average molecular weight is 341 g/mol. The van der Waals surface area contributed by atoms with E-state index in [4.69, 9.17) is 4.98 Å². The Bertz CT molecular complexity index is 626. The Morgan fingerprint density at radius 2 is 1.71 bits per heavy atom. The van der Waals surface area contributed by atoms with E-state index in [0.717, 1.165) is 5.75 Å². The molecule has 0 radical (unpaired) electrons. The monoisotopic (exact) mass is 340 g/mol. The average Bonchev–Trinajstić information content (AvgIpc) is 2.63. The second-order valence-corrected chi connectivity index (χ2v) is 8.17. The molecule has 3 heteroatoms. The molecule has 0 spiro atoms. The molecule has 24 heavy (non-hydrogen) atoms. The first-order valence-electron chi connectivity index (χ1n) is 9.10. The van der Waals surface area contributed by atoms with Gasteiger partial charge in [-0.25, -0.2) is 0 Å². The minimum absolute atomic E-state index is 0.623. The maximum absolute atomic E-state index is 4.78. The van der Waals surface area contributed by atoms with E-state index in [-0.39, 0.29) is 0 Å². The van der Waals surface area contributed by atoms with Crippen molar-refractivity contribution < 1.29 is 0 Å². The number of aromatic nitrogens is 1. The lowest BCUT2D eigenvalue weighted by Crippen LogP contribution is -2.37. The van der Waals surface area contributed by atoms with Crippen molar-refractivity contribution in [2.24, 2.45) is 0 Å². The minimum atomic E-state index is 0.623. The summed E-state index contributed by atoms with van der Waals surface area (Å²) in [6.07, 6.45) is 4.51. The van der Waals surface area contributed by atoms with Gasteiger partial charge >= 0.3 is 0 Å². The summed E-state index contributed by atoms with van der Waals surface area (Å²) in [5, 5.41) is 0. The molecule has 0 bridgehead atoms. The van der Waals surface area contributed by atoms with Crippen molar-refractivity contribution in [1.82, 2.24) is 9.88 Å². The fourth-order valence-corrected chi connectivity index (χ4v) is 4.10. The van der Waals surface area contributed by atoms with Crippen LogP contribution in [0.5, 0.6) is 0 Å². The Kier molecular flexibility index (Phi) is 5.96. The molecule has 128 valence electrons. The second-order valence-electron chi connectivity index (χ2n) is 6.83. The topological polar surface area (TPSA) is 16.1 Å². The Morgan fingerprint density at radius 1 is 1.04 bits per heavy atom. The molecule has 1 saturated heterocycles. The highest BCUT2D eigenvalue weighted by Crippen LogP contribution is 2.29. The van der Waals surface area contributed by atoms with Crippen LogP contribution < -0.4 is 0 Å². The number of benzene rings is 1. The van der Waals surface area contributed by atoms with Gasteiger partial charge in [-0.05, 0) is 69.3 Å².